The molecule has 0 aliphatic carbocycles. The molecule has 2 aromatic carbocycles. The number of ketones is 1. The monoisotopic (exact) mass is 362 g/mol. The highest BCUT2D eigenvalue weighted by Gasteiger charge is 2.15. The van der Waals surface area contributed by atoms with Crippen molar-refractivity contribution in [1.29, 1.82) is 0 Å². The molecule has 0 saturated heterocycles. The van der Waals surface area contributed by atoms with E-state index in [0.29, 0.717) is 12.8 Å². The molecule has 1 heterocycles. The summed E-state index contributed by atoms with van der Waals surface area (Å²) in [5.41, 5.74) is 4.59. The number of hydrogen-bond donors (Lipinski definition) is 1. The van der Waals surface area contributed by atoms with E-state index >= 15 is 0 Å². The van der Waals surface area contributed by atoms with Gasteiger partial charge < -0.3 is 10.2 Å². The Morgan fingerprint density at radius 3 is 2.41 bits per heavy atom. The summed E-state index contributed by atoms with van der Waals surface area (Å²) in [6, 6.07) is 18.1. The molecule has 1 aliphatic heterocycles. The van der Waals surface area contributed by atoms with Gasteiger partial charge in [-0.3, -0.25) is 9.59 Å². The van der Waals surface area contributed by atoms with Gasteiger partial charge in [0.05, 0.1) is 6.54 Å². The van der Waals surface area contributed by atoms with Crippen molar-refractivity contribution in [3.63, 3.8) is 0 Å². The van der Waals surface area contributed by atoms with Crippen molar-refractivity contribution in [3.8, 4) is 0 Å². The summed E-state index contributed by atoms with van der Waals surface area (Å²) >= 11 is 0. The number of nitrogens with one attached hydrogen (secondary N) is 1. The fourth-order valence-corrected chi connectivity index (χ4v) is 3.21. The first-order chi connectivity index (χ1) is 13.1. The third-order valence-electron chi connectivity index (χ3n) is 4.82. The van der Waals surface area contributed by atoms with Crippen LogP contribution in [0.4, 0.5) is 5.69 Å². The lowest BCUT2D eigenvalue weighted by Crippen LogP contribution is -2.32. The summed E-state index contributed by atoms with van der Waals surface area (Å²) in [6.45, 7) is 3.91. The first-order valence-corrected chi connectivity index (χ1v) is 9.42. The molecule has 1 aliphatic rings. The van der Waals surface area contributed by atoms with E-state index in [1.165, 1.54) is 11.3 Å². The average Bonchev–Trinajstić information content (AvgIpc) is 2.68. The minimum atomic E-state index is -0.0774. The first-order valence-electron chi connectivity index (χ1n) is 9.42. The van der Waals surface area contributed by atoms with Gasteiger partial charge in [-0.1, -0.05) is 59.7 Å². The highest BCUT2D eigenvalue weighted by molar-refractivity contribution is 5.88. The summed E-state index contributed by atoms with van der Waals surface area (Å²) in [5.74, 6) is -0.0517. The molecule has 0 atom stereocenters. The van der Waals surface area contributed by atoms with Crippen LogP contribution in [0.25, 0.3) is 0 Å². The van der Waals surface area contributed by atoms with Gasteiger partial charge in [0, 0.05) is 31.6 Å². The second-order valence-electron chi connectivity index (χ2n) is 7.05. The zero-order valence-corrected chi connectivity index (χ0v) is 15.8. The van der Waals surface area contributed by atoms with Crippen LogP contribution in [0, 0.1) is 6.92 Å². The van der Waals surface area contributed by atoms with Crippen LogP contribution in [0.5, 0.6) is 0 Å². The summed E-state index contributed by atoms with van der Waals surface area (Å²) in [5, 5.41) is 2.76. The van der Waals surface area contributed by atoms with Gasteiger partial charge in [0.2, 0.25) is 5.91 Å². The van der Waals surface area contributed by atoms with Crippen LogP contribution in [-0.4, -0.2) is 31.3 Å². The topological polar surface area (TPSA) is 49.4 Å². The van der Waals surface area contributed by atoms with Crippen molar-refractivity contribution in [2.75, 3.05) is 24.5 Å². The van der Waals surface area contributed by atoms with Crippen LogP contribution in [0.1, 0.15) is 24.0 Å². The molecule has 4 heteroatoms. The van der Waals surface area contributed by atoms with Gasteiger partial charge in [-0.15, -0.1) is 0 Å². The van der Waals surface area contributed by atoms with Crippen molar-refractivity contribution in [2.24, 2.45) is 0 Å². The van der Waals surface area contributed by atoms with Crippen molar-refractivity contribution < 1.29 is 9.59 Å². The lowest BCUT2D eigenvalue weighted by atomic mass is 10.0. The van der Waals surface area contributed by atoms with E-state index in [2.05, 4.69) is 47.5 Å². The number of amides is 1. The van der Waals surface area contributed by atoms with E-state index in [9.17, 15) is 9.59 Å². The Balaban J connectivity index is 1.42. The van der Waals surface area contributed by atoms with Crippen molar-refractivity contribution >= 4 is 17.4 Å². The number of carbonyl (C=O) groups is 2. The molecule has 27 heavy (non-hydrogen) atoms. The van der Waals surface area contributed by atoms with E-state index in [1.54, 1.807) is 0 Å². The molecule has 3 rings (SSSR count). The van der Waals surface area contributed by atoms with E-state index in [1.807, 2.05) is 30.3 Å². The number of carbonyl (C=O) groups excluding carboxylic acids is 2. The van der Waals surface area contributed by atoms with Gasteiger partial charge in [-0.05, 0) is 31.0 Å². The number of hydrogen-bond acceptors (Lipinski definition) is 3. The fourth-order valence-electron chi connectivity index (χ4n) is 3.21. The summed E-state index contributed by atoms with van der Waals surface area (Å²) in [7, 11) is 0. The van der Waals surface area contributed by atoms with Crippen LogP contribution in [0.3, 0.4) is 0 Å². The Morgan fingerprint density at radius 2 is 1.74 bits per heavy atom. The second-order valence-corrected chi connectivity index (χ2v) is 7.05. The van der Waals surface area contributed by atoms with Gasteiger partial charge in [-0.25, -0.2) is 0 Å². The summed E-state index contributed by atoms with van der Waals surface area (Å²) in [6.07, 6.45) is 3.74. The van der Waals surface area contributed by atoms with Crippen LogP contribution < -0.4 is 10.2 Å². The highest BCUT2D eigenvalue weighted by atomic mass is 16.2. The van der Waals surface area contributed by atoms with Gasteiger partial charge in [0.25, 0.3) is 0 Å². The molecule has 0 radical (unpaired) electrons. The number of Topliss-reactive ketones (excluding diaryl/α,β-unsaturated/α-hetero) is 1. The molecular formula is C23H26N2O2. The third kappa shape index (κ3) is 5.81. The number of anilines is 1. The molecule has 0 spiro atoms. The van der Waals surface area contributed by atoms with E-state index < -0.39 is 0 Å². The fraction of sp³-hybridized carbons (Fsp3) is 0.304. The average molecular weight is 362 g/mol. The van der Waals surface area contributed by atoms with E-state index in [0.717, 1.165) is 30.6 Å². The molecule has 1 amide bonds. The standard InChI is InChI=1S/C23H26N2O2/c1-18-7-9-21(10-8-18)25-13-11-20(12-14-25)16-23(27)24-17-22(26)15-19-5-3-2-4-6-19/h2-11H,12-17H2,1H3,(H,24,27). The van der Waals surface area contributed by atoms with Crippen LogP contribution in [0.15, 0.2) is 66.2 Å². The highest BCUT2D eigenvalue weighted by Crippen LogP contribution is 2.21. The van der Waals surface area contributed by atoms with Gasteiger partial charge >= 0.3 is 0 Å². The predicted octanol–water partition coefficient (Wildman–Crippen LogP) is 3.45. The van der Waals surface area contributed by atoms with Gasteiger partial charge in [0.15, 0.2) is 5.78 Å². The Hall–Kier alpha value is -2.88. The first kappa shape index (κ1) is 18.9. The molecular weight excluding hydrogens is 336 g/mol. The van der Waals surface area contributed by atoms with Crippen LogP contribution in [-0.2, 0) is 16.0 Å². The lowest BCUT2D eigenvalue weighted by Gasteiger charge is -2.28. The maximum atomic E-state index is 12.1. The third-order valence-corrected chi connectivity index (χ3v) is 4.82. The normalized spacial score (nSPS) is 13.8. The Labute approximate surface area is 160 Å². The van der Waals surface area contributed by atoms with Crippen LogP contribution >= 0.6 is 0 Å². The van der Waals surface area contributed by atoms with E-state index in [-0.39, 0.29) is 18.2 Å². The summed E-state index contributed by atoms with van der Waals surface area (Å²) in [4.78, 5) is 26.4. The number of benzene rings is 2. The molecule has 140 valence electrons. The van der Waals surface area contributed by atoms with Crippen LogP contribution in [0.2, 0.25) is 0 Å². The predicted molar refractivity (Wildman–Crippen MR) is 109 cm³/mol. The minimum Gasteiger partial charge on any atom is -0.367 e. The molecule has 1 N–H and O–H groups in total. The molecule has 4 nitrogen and oxygen atoms in total. The molecule has 0 fully saturated rings. The number of aryl methyl sites for hydroxylation is 1. The molecule has 2 aromatic rings. The smallest absolute Gasteiger partial charge is 0.224 e. The lowest BCUT2D eigenvalue weighted by molar-refractivity contribution is -0.124. The molecule has 0 unspecified atom stereocenters. The maximum Gasteiger partial charge on any atom is 0.224 e. The van der Waals surface area contributed by atoms with Crippen molar-refractivity contribution in [3.05, 3.63) is 77.4 Å². The maximum absolute atomic E-state index is 12.1. The number of rotatable bonds is 7. The number of nitrogens with zero attached hydrogens (tertiary/aromatic N) is 1. The Morgan fingerprint density at radius 1 is 1.00 bits per heavy atom. The zero-order chi connectivity index (χ0) is 19.1. The largest absolute Gasteiger partial charge is 0.367 e. The molecule has 0 saturated carbocycles. The van der Waals surface area contributed by atoms with Crippen molar-refractivity contribution in [1.82, 2.24) is 5.32 Å². The van der Waals surface area contributed by atoms with Gasteiger partial charge in [-0.2, -0.15) is 0 Å². The zero-order valence-electron chi connectivity index (χ0n) is 15.8. The quantitative estimate of drug-likeness (QED) is 0.768. The van der Waals surface area contributed by atoms with Crippen molar-refractivity contribution in [2.45, 2.75) is 26.2 Å². The minimum absolute atomic E-state index is 0.0257. The summed E-state index contributed by atoms with van der Waals surface area (Å²) < 4.78 is 0. The SMILES string of the molecule is Cc1ccc(N2CC=C(CC(=O)NCC(=O)Cc3ccccc3)CC2)cc1. The Kier molecular flexibility index (Phi) is 6.42. The second kappa shape index (κ2) is 9.17. The molecule has 0 bridgehead atoms. The molecule has 0 aromatic heterocycles. The Bertz CT molecular complexity index is 810. The van der Waals surface area contributed by atoms with E-state index in [4.69, 9.17) is 0 Å². The van der Waals surface area contributed by atoms with Gasteiger partial charge in [0.1, 0.15) is 0 Å².